The first-order valence-electron chi connectivity index (χ1n) is 6.34. The maximum absolute atomic E-state index is 11.0. The number of ether oxygens (including phenoxy) is 1. The fourth-order valence-electron chi connectivity index (χ4n) is 1.78. The van der Waals surface area contributed by atoms with Gasteiger partial charge in [-0.15, -0.1) is 0 Å². The van der Waals surface area contributed by atoms with Gasteiger partial charge < -0.3 is 14.9 Å². The van der Waals surface area contributed by atoms with E-state index in [1.165, 1.54) is 0 Å². The summed E-state index contributed by atoms with van der Waals surface area (Å²) in [4.78, 5) is 11.0. The second-order valence-electron chi connectivity index (χ2n) is 5.63. The van der Waals surface area contributed by atoms with Crippen molar-refractivity contribution in [2.75, 3.05) is 6.61 Å². The van der Waals surface area contributed by atoms with Crippen LogP contribution in [0.15, 0.2) is 18.2 Å². The summed E-state index contributed by atoms with van der Waals surface area (Å²) in [5.74, 6) is -0.189. The number of rotatable bonds is 6. The Hall–Kier alpha value is -1.55. The summed E-state index contributed by atoms with van der Waals surface area (Å²) in [5.41, 5.74) is 1.13. The van der Waals surface area contributed by atoms with Gasteiger partial charge in [0.15, 0.2) is 0 Å². The van der Waals surface area contributed by atoms with E-state index in [4.69, 9.17) is 9.84 Å². The molecular weight excluding hydrogens is 244 g/mol. The van der Waals surface area contributed by atoms with Crippen molar-refractivity contribution in [2.45, 2.75) is 40.2 Å². The topological polar surface area (TPSA) is 66.8 Å². The van der Waals surface area contributed by atoms with Crippen LogP contribution in [0.25, 0.3) is 0 Å². The highest BCUT2D eigenvalue weighted by molar-refractivity contribution is 5.73. The van der Waals surface area contributed by atoms with Gasteiger partial charge in [-0.3, -0.25) is 4.79 Å². The van der Waals surface area contributed by atoms with Crippen molar-refractivity contribution in [3.05, 3.63) is 29.3 Å². The minimum Gasteiger partial charge on any atom is -0.491 e. The molecule has 4 nitrogen and oxygen atoms in total. The molecule has 0 saturated carbocycles. The number of hydrogen-bond donors (Lipinski definition) is 2. The van der Waals surface area contributed by atoms with Crippen molar-refractivity contribution in [2.24, 2.45) is 5.41 Å². The number of aryl methyl sites for hydroxylation is 2. The van der Waals surface area contributed by atoms with E-state index in [0.717, 1.165) is 16.9 Å². The second-order valence-corrected chi connectivity index (χ2v) is 5.63. The van der Waals surface area contributed by atoms with Crippen LogP contribution in [-0.2, 0) is 4.79 Å². The lowest BCUT2D eigenvalue weighted by Gasteiger charge is -2.23. The number of aliphatic carboxylic acids is 1. The number of carbonyl (C=O) groups is 1. The van der Waals surface area contributed by atoms with E-state index in [9.17, 15) is 9.90 Å². The van der Waals surface area contributed by atoms with Crippen LogP contribution in [0.4, 0.5) is 0 Å². The standard InChI is InChI=1S/C15H22O4/c1-10-5-6-11(2)13(7-10)19-9-12(16)8-15(3,4)14(17)18/h5-7,12,16H,8-9H2,1-4H3,(H,17,18). The lowest BCUT2D eigenvalue weighted by Crippen LogP contribution is -2.31. The molecule has 0 fully saturated rings. The van der Waals surface area contributed by atoms with Crippen LogP contribution in [0.1, 0.15) is 31.4 Å². The molecule has 0 aliphatic carbocycles. The van der Waals surface area contributed by atoms with E-state index in [1.807, 2.05) is 32.0 Å². The minimum atomic E-state index is -0.954. The first-order valence-corrected chi connectivity index (χ1v) is 6.34. The molecule has 1 aromatic carbocycles. The molecule has 0 aromatic heterocycles. The SMILES string of the molecule is Cc1ccc(C)c(OCC(O)CC(C)(C)C(=O)O)c1. The molecule has 0 saturated heterocycles. The molecule has 2 N–H and O–H groups in total. The zero-order valence-electron chi connectivity index (χ0n) is 11.9. The maximum atomic E-state index is 11.0. The molecule has 19 heavy (non-hydrogen) atoms. The lowest BCUT2D eigenvalue weighted by atomic mass is 9.87. The molecule has 4 heteroatoms. The summed E-state index contributed by atoms with van der Waals surface area (Å²) in [5, 5.41) is 18.9. The second kappa shape index (κ2) is 6.06. The van der Waals surface area contributed by atoms with Gasteiger partial charge in [0, 0.05) is 0 Å². The van der Waals surface area contributed by atoms with Gasteiger partial charge in [-0.25, -0.2) is 0 Å². The zero-order valence-corrected chi connectivity index (χ0v) is 11.9. The highest BCUT2D eigenvalue weighted by Crippen LogP contribution is 2.24. The van der Waals surface area contributed by atoms with Crippen molar-refractivity contribution < 1.29 is 19.7 Å². The molecule has 0 heterocycles. The van der Waals surface area contributed by atoms with Gasteiger partial charge >= 0.3 is 5.97 Å². The molecule has 0 spiro atoms. The monoisotopic (exact) mass is 266 g/mol. The van der Waals surface area contributed by atoms with Crippen molar-refractivity contribution in [1.82, 2.24) is 0 Å². The van der Waals surface area contributed by atoms with Gasteiger partial charge in [-0.05, 0) is 51.3 Å². The summed E-state index contributed by atoms with van der Waals surface area (Å²) in [6, 6.07) is 5.86. The van der Waals surface area contributed by atoms with Crippen LogP contribution in [0.3, 0.4) is 0 Å². The third-order valence-corrected chi connectivity index (χ3v) is 3.10. The van der Waals surface area contributed by atoms with Gasteiger partial charge in [0.25, 0.3) is 0 Å². The van der Waals surface area contributed by atoms with E-state index in [-0.39, 0.29) is 13.0 Å². The summed E-state index contributed by atoms with van der Waals surface area (Å²) < 4.78 is 5.56. The zero-order chi connectivity index (χ0) is 14.6. The number of aliphatic hydroxyl groups excluding tert-OH is 1. The van der Waals surface area contributed by atoms with E-state index < -0.39 is 17.5 Å². The van der Waals surface area contributed by atoms with E-state index in [2.05, 4.69) is 0 Å². The predicted octanol–water partition coefficient (Wildman–Crippen LogP) is 2.54. The Bertz CT molecular complexity index is 451. The molecule has 0 bridgehead atoms. The molecule has 1 atom stereocenters. The molecular formula is C15H22O4. The number of benzene rings is 1. The largest absolute Gasteiger partial charge is 0.491 e. The number of carboxylic acids is 1. The minimum absolute atomic E-state index is 0.0982. The number of carboxylic acid groups (broad SMARTS) is 1. The van der Waals surface area contributed by atoms with Gasteiger partial charge in [0.05, 0.1) is 11.5 Å². The fourth-order valence-corrected chi connectivity index (χ4v) is 1.78. The van der Waals surface area contributed by atoms with Gasteiger partial charge in [0.2, 0.25) is 0 Å². The molecule has 0 radical (unpaired) electrons. The van der Waals surface area contributed by atoms with Crippen molar-refractivity contribution in [3.8, 4) is 5.75 Å². The predicted molar refractivity (Wildman–Crippen MR) is 73.5 cm³/mol. The Balaban J connectivity index is 2.57. The molecule has 0 aliphatic rings. The quantitative estimate of drug-likeness (QED) is 0.830. The Labute approximate surface area is 114 Å². The third-order valence-electron chi connectivity index (χ3n) is 3.10. The summed E-state index contributed by atoms with van der Waals surface area (Å²) in [6.07, 6.45) is -0.640. The summed E-state index contributed by atoms with van der Waals surface area (Å²) in [6.45, 7) is 7.19. The van der Waals surface area contributed by atoms with Crippen LogP contribution < -0.4 is 4.74 Å². The maximum Gasteiger partial charge on any atom is 0.309 e. The molecule has 106 valence electrons. The third kappa shape index (κ3) is 4.56. The average Bonchev–Trinajstić information content (AvgIpc) is 2.29. The lowest BCUT2D eigenvalue weighted by molar-refractivity contribution is -0.148. The first kappa shape index (κ1) is 15.5. The van der Waals surface area contributed by atoms with E-state index >= 15 is 0 Å². The van der Waals surface area contributed by atoms with Crippen LogP contribution in [0.2, 0.25) is 0 Å². The van der Waals surface area contributed by atoms with Crippen LogP contribution in [-0.4, -0.2) is 28.9 Å². The Morgan fingerprint density at radius 1 is 1.37 bits per heavy atom. The summed E-state index contributed by atoms with van der Waals surface area (Å²) in [7, 11) is 0. The molecule has 1 aromatic rings. The van der Waals surface area contributed by atoms with Crippen molar-refractivity contribution >= 4 is 5.97 Å². The Kier molecular flexibility index (Phi) is 4.95. The highest BCUT2D eigenvalue weighted by atomic mass is 16.5. The first-order chi connectivity index (χ1) is 8.72. The van der Waals surface area contributed by atoms with E-state index in [0.29, 0.717) is 0 Å². The smallest absolute Gasteiger partial charge is 0.309 e. The molecule has 0 aliphatic heterocycles. The van der Waals surface area contributed by atoms with Crippen LogP contribution in [0.5, 0.6) is 5.75 Å². The Morgan fingerprint density at radius 2 is 2.00 bits per heavy atom. The van der Waals surface area contributed by atoms with Crippen molar-refractivity contribution in [1.29, 1.82) is 0 Å². The molecule has 0 amide bonds. The number of aliphatic hydroxyl groups is 1. The molecule has 1 rings (SSSR count). The number of hydrogen-bond acceptors (Lipinski definition) is 3. The van der Waals surface area contributed by atoms with Crippen LogP contribution >= 0.6 is 0 Å². The highest BCUT2D eigenvalue weighted by Gasteiger charge is 2.30. The van der Waals surface area contributed by atoms with Gasteiger partial charge in [0.1, 0.15) is 12.4 Å². The molecule has 1 unspecified atom stereocenters. The van der Waals surface area contributed by atoms with Crippen molar-refractivity contribution in [3.63, 3.8) is 0 Å². The Morgan fingerprint density at radius 3 is 2.58 bits per heavy atom. The fraction of sp³-hybridized carbons (Fsp3) is 0.533. The van der Waals surface area contributed by atoms with E-state index in [1.54, 1.807) is 13.8 Å². The normalized spacial score (nSPS) is 13.1. The van der Waals surface area contributed by atoms with Gasteiger partial charge in [-0.2, -0.15) is 0 Å². The van der Waals surface area contributed by atoms with Gasteiger partial charge in [-0.1, -0.05) is 12.1 Å². The average molecular weight is 266 g/mol. The van der Waals surface area contributed by atoms with Crippen LogP contribution in [0, 0.1) is 19.3 Å². The summed E-state index contributed by atoms with van der Waals surface area (Å²) >= 11 is 0.